The van der Waals surface area contributed by atoms with Crippen molar-refractivity contribution >= 4 is 50.6 Å². The van der Waals surface area contributed by atoms with E-state index in [-0.39, 0.29) is 5.56 Å². The van der Waals surface area contributed by atoms with Crippen molar-refractivity contribution in [2.45, 2.75) is 20.8 Å². The lowest BCUT2D eigenvalue weighted by Crippen LogP contribution is -2.17. The largest absolute Gasteiger partial charge is 0.295 e. The Morgan fingerprint density at radius 1 is 1.15 bits per heavy atom. The van der Waals surface area contributed by atoms with Gasteiger partial charge >= 0.3 is 0 Å². The molecule has 2 heterocycles. The first-order chi connectivity index (χ1) is 13.0. The summed E-state index contributed by atoms with van der Waals surface area (Å²) in [4.78, 5) is 17.5. The minimum atomic E-state index is -0.140. The quantitative estimate of drug-likeness (QED) is 0.471. The van der Waals surface area contributed by atoms with Crippen LogP contribution in [-0.2, 0) is 0 Å². The number of benzene rings is 2. The molecule has 0 aliphatic heterocycles. The van der Waals surface area contributed by atoms with Crippen LogP contribution in [0.15, 0.2) is 44.6 Å². The van der Waals surface area contributed by atoms with Crippen molar-refractivity contribution in [2.75, 3.05) is 0 Å². The molecule has 0 amide bonds. The minimum Gasteiger partial charge on any atom is -0.295 e. The van der Waals surface area contributed by atoms with E-state index in [0.29, 0.717) is 5.56 Å². The molecule has 0 saturated heterocycles. The van der Waals surface area contributed by atoms with E-state index in [0.717, 1.165) is 55.4 Å². The topological polar surface area (TPSA) is 75.9 Å². The van der Waals surface area contributed by atoms with Gasteiger partial charge in [0.05, 0.1) is 28.7 Å². The highest BCUT2D eigenvalue weighted by Crippen LogP contribution is 2.28. The highest BCUT2D eigenvalue weighted by atomic mass is 79.9. The molecular weight excluding hydrogens is 426 g/mol. The Morgan fingerprint density at radius 2 is 1.96 bits per heavy atom. The van der Waals surface area contributed by atoms with E-state index in [1.54, 1.807) is 6.21 Å². The second-order valence-electron chi connectivity index (χ2n) is 6.35. The maximum absolute atomic E-state index is 12.9. The normalized spacial score (nSPS) is 11.7. The van der Waals surface area contributed by atoms with Gasteiger partial charge in [0.1, 0.15) is 11.0 Å². The van der Waals surface area contributed by atoms with Gasteiger partial charge in [0, 0.05) is 16.4 Å². The Labute approximate surface area is 168 Å². The van der Waals surface area contributed by atoms with Crippen LogP contribution in [0.4, 0.5) is 5.69 Å². The molecule has 0 aliphatic carbocycles. The monoisotopic (exact) mass is 441 g/mol. The van der Waals surface area contributed by atoms with E-state index in [9.17, 15) is 4.79 Å². The third-order valence-electron chi connectivity index (χ3n) is 4.44. The number of aromatic amines is 1. The Kier molecular flexibility index (Phi) is 4.53. The average molecular weight is 442 g/mol. The van der Waals surface area contributed by atoms with Crippen LogP contribution in [-0.4, -0.2) is 24.7 Å². The summed E-state index contributed by atoms with van der Waals surface area (Å²) in [5, 5.41) is 3.13. The average Bonchev–Trinajstić information content (AvgIpc) is 3.22. The Hall–Kier alpha value is -2.58. The molecule has 4 rings (SSSR count). The summed E-state index contributed by atoms with van der Waals surface area (Å²) in [6, 6.07) is 9.66. The van der Waals surface area contributed by atoms with Gasteiger partial charge in [-0.25, -0.2) is 4.68 Å². The molecule has 2 aromatic carbocycles. The first-order valence-corrected chi connectivity index (χ1v) is 9.82. The maximum atomic E-state index is 12.9. The third-order valence-corrected chi connectivity index (χ3v) is 5.87. The zero-order valence-electron chi connectivity index (χ0n) is 14.9. The lowest BCUT2D eigenvalue weighted by Gasteiger charge is -2.04. The number of aliphatic imine (C=N–C) groups is 1. The van der Waals surface area contributed by atoms with E-state index >= 15 is 0 Å². The number of aryl methyl sites for hydroxylation is 3. The number of H-pyrrole nitrogens is 1. The van der Waals surface area contributed by atoms with Gasteiger partial charge in [-0.2, -0.15) is 8.75 Å². The van der Waals surface area contributed by atoms with Crippen LogP contribution < -0.4 is 5.56 Å². The van der Waals surface area contributed by atoms with Crippen molar-refractivity contribution in [3.63, 3.8) is 0 Å². The number of nitrogens with zero attached hydrogens (tertiary/aromatic N) is 4. The molecule has 27 heavy (non-hydrogen) atoms. The number of hydrogen-bond acceptors (Lipinski definition) is 5. The van der Waals surface area contributed by atoms with E-state index in [4.69, 9.17) is 0 Å². The van der Waals surface area contributed by atoms with Gasteiger partial charge in [-0.05, 0) is 56.2 Å². The van der Waals surface area contributed by atoms with E-state index in [1.807, 2.05) is 51.1 Å². The molecule has 4 aromatic rings. The summed E-state index contributed by atoms with van der Waals surface area (Å²) in [5.41, 5.74) is 6.28. The Balaban J connectivity index is 1.79. The van der Waals surface area contributed by atoms with Gasteiger partial charge in [0.15, 0.2) is 0 Å². The summed E-state index contributed by atoms with van der Waals surface area (Å²) in [6.45, 7) is 5.82. The second kappa shape index (κ2) is 6.86. The number of rotatable bonds is 3. The van der Waals surface area contributed by atoms with Gasteiger partial charge in [-0.1, -0.05) is 22.0 Å². The van der Waals surface area contributed by atoms with Crippen molar-refractivity contribution in [2.24, 2.45) is 4.99 Å². The molecule has 0 spiro atoms. The zero-order valence-corrected chi connectivity index (χ0v) is 17.3. The molecule has 0 unspecified atom stereocenters. The van der Waals surface area contributed by atoms with Crippen LogP contribution in [0.2, 0.25) is 0 Å². The summed E-state index contributed by atoms with van der Waals surface area (Å²) >= 11 is 4.64. The number of nitrogens with one attached hydrogen (secondary N) is 1. The van der Waals surface area contributed by atoms with Crippen molar-refractivity contribution in [1.82, 2.24) is 18.5 Å². The van der Waals surface area contributed by atoms with Crippen LogP contribution in [0.3, 0.4) is 0 Å². The fourth-order valence-electron chi connectivity index (χ4n) is 2.89. The molecule has 0 saturated carbocycles. The SMILES string of the molecule is Cc1cc(-n2[nH]c(C)c(C=Nc3c(C)ccc4nsnc34)c2=O)ccc1Br. The lowest BCUT2D eigenvalue weighted by atomic mass is 10.1. The lowest BCUT2D eigenvalue weighted by molar-refractivity contribution is 0.834. The number of fused-ring (bicyclic) bond motifs is 1. The van der Waals surface area contributed by atoms with Crippen molar-refractivity contribution < 1.29 is 0 Å². The molecule has 0 radical (unpaired) electrons. The van der Waals surface area contributed by atoms with Crippen LogP contribution in [0.1, 0.15) is 22.4 Å². The number of hydrogen-bond donors (Lipinski definition) is 1. The summed E-state index contributed by atoms with van der Waals surface area (Å²) < 4.78 is 11.1. The van der Waals surface area contributed by atoms with Crippen LogP contribution >= 0.6 is 27.7 Å². The third kappa shape index (κ3) is 3.15. The predicted octanol–water partition coefficient (Wildman–Crippen LogP) is 4.61. The molecule has 0 aliphatic rings. The number of aromatic nitrogens is 4. The Bertz CT molecular complexity index is 1250. The summed E-state index contributed by atoms with van der Waals surface area (Å²) in [5.74, 6) is 0. The van der Waals surface area contributed by atoms with Gasteiger partial charge in [0.25, 0.3) is 5.56 Å². The van der Waals surface area contributed by atoms with Crippen LogP contribution in [0.5, 0.6) is 0 Å². The molecule has 6 nitrogen and oxygen atoms in total. The fourth-order valence-corrected chi connectivity index (χ4v) is 3.68. The summed E-state index contributed by atoms with van der Waals surface area (Å²) in [7, 11) is 0. The number of halogens is 1. The zero-order chi connectivity index (χ0) is 19.1. The predicted molar refractivity (Wildman–Crippen MR) is 113 cm³/mol. The molecule has 136 valence electrons. The minimum absolute atomic E-state index is 0.140. The first-order valence-electron chi connectivity index (χ1n) is 8.30. The molecular formula is C19H16BrN5OS. The van der Waals surface area contributed by atoms with Gasteiger partial charge < -0.3 is 0 Å². The van der Waals surface area contributed by atoms with Crippen molar-refractivity contribution in [1.29, 1.82) is 0 Å². The second-order valence-corrected chi connectivity index (χ2v) is 7.73. The molecule has 2 aromatic heterocycles. The van der Waals surface area contributed by atoms with E-state index in [1.165, 1.54) is 4.68 Å². The van der Waals surface area contributed by atoms with Gasteiger partial charge in [-0.15, -0.1) is 0 Å². The Morgan fingerprint density at radius 3 is 2.74 bits per heavy atom. The highest BCUT2D eigenvalue weighted by molar-refractivity contribution is 9.10. The molecule has 0 fully saturated rings. The molecule has 8 heteroatoms. The molecule has 0 bridgehead atoms. The standard InChI is InChI=1S/C19H16BrN5OS/c1-10-4-7-16-18(24-27-23-16)17(10)21-9-14-12(3)22-25(19(14)26)13-5-6-15(20)11(2)8-13/h4-9,22H,1-3H3. The molecule has 1 N–H and O–H groups in total. The van der Waals surface area contributed by atoms with Gasteiger partial charge in [-0.3, -0.25) is 14.9 Å². The first kappa shape index (κ1) is 17.8. The summed E-state index contributed by atoms with van der Waals surface area (Å²) in [6.07, 6.45) is 1.61. The van der Waals surface area contributed by atoms with Crippen molar-refractivity contribution in [3.8, 4) is 5.69 Å². The van der Waals surface area contributed by atoms with Gasteiger partial charge in [0.2, 0.25) is 0 Å². The maximum Gasteiger partial charge on any atom is 0.280 e. The van der Waals surface area contributed by atoms with Crippen LogP contribution in [0.25, 0.3) is 16.7 Å². The van der Waals surface area contributed by atoms with Crippen molar-refractivity contribution in [3.05, 3.63) is 67.5 Å². The van der Waals surface area contributed by atoms with E-state index < -0.39 is 0 Å². The fraction of sp³-hybridized carbons (Fsp3) is 0.158. The highest BCUT2D eigenvalue weighted by Gasteiger charge is 2.13. The van der Waals surface area contributed by atoms with Crippen LogP contribution in [0, 0.1) is 20.8 Å². The van der Waals surface area contributed by atoms with E-state index in [2.05, 4.69) is 34.8 Å². The molecule has 0 atom stereocenters. The smallest absolute Gasteiger partial charge is 0.280 e.